The Kier molecular flexibility index (Phi) is 5.22. The molecule has 0 aliphatic heterocycles. The largest absolute Gasteiger partial charge is 0.342 e. The third kappa shape index (κ3) is 3.26. The van der Waals surface area contributed by atoms with Crippen molar-refractivity contribution in [3.8, 4) is 0 Å². The average molecular weight is 267 g/mol. The Morgan fingerprint density at radius 1 is 1.50 bits per heavy atom. The van der Waals surface area contributed by atoms with E-state index in [0.29, 0.717) is 6.29 Å². The molecule has 1 N–H and O–H groups in total. The number of rotatable bonds is 6. The smallest absolute Gasteiger partial charge is 0.217 e. The summed E-state index contributed by atoms with van der Waals surface area (Å²) in [4.78, 5) is 35.1. The predicted octanol–water partition coefficient (Wildman–Crippen LogP) is 1.89. The zero-order valence-corrected chi connectivity index (χ0v) is 11.5. The van der Waals surface area contributed by atoms with Crippen molar-refractivity contribution >= 4 is 29.3 Å². The van der Waals surface area contributed by atoms with Crippen LogP contribution in [0.15, 0.2) is 11.4 Å². The Morgan fingerprint density at radius 2 is 2.17 bits per heavy atom. The van der Waals surface area contributed by atoms with Gasteiger partial charge in [0, 0.05) is 11.8 Å². The fraction of sp³-hybridized carbons (Fsp3) is 0.462. The second kappa shape index (κ2) is 6.44. The molecule has 0 saturated heterocycles. The Balaban J connectivity index is 3.09. The van der Waals surface area contributed by atoms with Crippen LogP contribution in [0, 0.1) is 5.92 Å². The van der Waals surface area contributed by atoms with Crippen LogP contribution in [0.4, 0.5) is 0 Å². The molecular weight excluding hydrogens is 250 g/mol. The second-order valence-corrected chi connectivity index (χ2v) is 5.11. The van der Waals surface area contributed by atoms with E-state index in [1.165, 1.54) is 6.92 Å². The molecule has 0 aromatic carbocycles. The van der Waals surface area contributed by atoms with E-state index in [9.17, 15) is 14.4 Å². The third-order valence-corrected chi connectivity index (χ3v) is 3.78. The average Bonchev–Trinajstić information content (AvgIpc) is 2.81. The lowest BCUT2D eigenvalue weighted by Gasteiger charge is -2.18. The van der Waals surface area contributed by atoms with Crippen molar-refractivity contribution in [2.24, 2.45) is 5.92 Å². The summed E-state index contributed by atoms with van der Waals surface area (Å²) in [6.45, 7) is 4.90. The number of thiophene rings is 1. The number of carbonyl (C=O) groups excluding carboxylic acids is 3. The van der Waals surface area contributed by atoms with E-state index in [4.69, 9.17) is 0 Å². The van der Waals surface area contributed by atoms with Crippen molar-refractivity contribution < 1.29 is 14.4 Å². The van der Waals surface area contributed by atoms with Gasteiger partial charge >= 0.3 is 0 Å². The highest BCUT2D eigenvalue weighted by Crippen LogP contribution is 2.26. The van der Waals surface area contributed by atoms with Gasteiger partial charge in [0.25, 0.3) is 0 Å². The van der Waals surface area contributed by atoms with Gasteiger partial charge in [0.15, 0.2) is 5.78 Å². The number of carbonyl (C=O) groups is 3. The summed E-state index contributed by atoms with van der Waals surface area (Å²) < 4.78 is 0. The lowest BCUT2D eigenvalue weighted by molar-refractivity contribution is -0.131. The fourth-order valence-corrected chi connectivity index (χ4v) is 2.60. The van der Waals surface area contributed by atoms with Crippen LogP contribution in [0.1, 0.15) is 37.3 Å². The molecule has 0 aliphatic rings. The number of ketones is 1. The van der Waals surface area contributed by atoms with Crippen LogP contribution in [0.3, 0.4) is 0 Å². The van der Waals surface area contributed by atoms with Crippen molar-refractivity contribution in [3.63, 3.8) is 0 Å². The monoisotopic (exact) mass is 267 g/mol. The Hall–Kier alpha value is -1.49. The van der Waals surface area contributed by atoms with Gasteiger partial charge in [0.05, 0.1) is 5.92 Å². The molecule has 1 aromatic heterocycles. The number of Topliss-reactive ketones (excluding diaryl/α,β-unsaturated/α-hetero) is 1. The Labute approximate surface area is 110 Å². The second-order valence-electron chi connectivity index (χ2n) is 4.11. The molecule has 1 heterocycles. The summed E-state index contributed by atoms with van der Waals surface area (Å²) >= 11 is 1.55. The van der Waals surface area contributed by atoms with Crippen molar-refractivity contribution in [2.45, 2.75) is 33.2 Å². The third-order valence-electron chi connectivity index (χ3n) is 2.70. The van der Waals surface area contributed by atoms with Gasteiger partial charge in [-0.2, -0.15) is 0 Å². The summed E-state index contributed by atoms with van der Waals surface area (Å²) in [5.74, 6) is -1.26. The molecule has 0 bridgehead atoms. The molecule has 1 aromatic rings. The van der Waals surface area contributed by atoms with E-state index in [-0.39, 0.29) is 11.7 Å². The number of amides is 1. The van der Waals surface area contributed by atoms with E-state index in [1.54, 1.807) is 18.3 Å². The van der Waals surface area contributed by atoms with Gasteiger partial charge in [-0.1, -0.05) is 6.92 Å². The standard InChI is InChI=1S/C13H17NO3S/c1-4-11-10(5-6-18-11)12(14-9(3)16)13(17)8(2)7-15/h5-8,12H,4H2,1-3H3,(H,14,16). The molecule has 2 atom stereocenters. The Bertz CT molecular complexity index is 453. The van der Waals surface area contributed by atoms with Gasteiger partial charge in [-0.05, 0) is 30.4 Å². The minimum absolute atomic E-state index is 0.270. The van der Waals surface area contributed by atoms with Crippen molar-refractivity contribution in [1.82, 2.24) is 5.32 Å². The lowest BCUT2D eigenvalue weighted by atomic mass is 9.95. The number of hydrogen-bond donors (Lipinski definition) is 1. The minimum Gasteiger partial charge on any atom is -0.342 e. The van der Waals surface area contributed by atoms with Gasteiger partial charge in [-0.15, -0.1) is 11.3 Å². The molecule has 18 heavy (non-hydrogen) atoms. The van der Waals surface area contributed by atoms with E-state index >= 15 is 0 Å². The normalized spacial score (nSPS) is 13.7. The summed E-state index contributed by atoms with van der Waals surface area (Å²) in [7, 11) is 0. The number of aryl methyl sites for hydroxylation is 1. The van der Waals surface area contributed by atoms with Gasteiger partial charge in [-0.25, -0.2) is 0 Å². The van der Waals surface area contributed by atoms with E-state index in [2.05, 4.69) is 5.32 Å². The van der Waals surface area contributed by atoms with E-state index in [0.717, 1.165) is 16.9 Å². The van der Waals surface area contributed by atoms with E-state index in [1.807, 2.05) is 18.4 Å². The molecule has 1 rings (SSSR count). The first kappa shape index (κ1) is 14.6. The van der Waals surface area contributed by atoms with Crippen LogP contribution >= 0.6 is 11.3 Å². The maximum atomic E-state index is 12.1. The highest BCUT2D eigenvalue weighted by molar-refractivity contribution is 7.10. The molecule has 1 amide bonds. The predicted molar refractivity (Wildman–Crippen MR) is 70.5 cm³/mol. The van der Waals surface area contributed by atoms with Crippen molar-refractivity contribution in [3.05, 3.63) is 21.9 Å². The molecule has 5 heteroatoms. The van der Waals surface area contributed by atoms with Gasteiger partial charge < -0.3 is 10.1 Å². The van der Waals surface area contributed by atoms with Gasteiger partial charge in [-0.3, -0.25) is 9.59 Å². The summed E-state index contributed by atoms with van der Waals surface area (Å²) in [6.07, 6.45) is 1.40. The SMILES string of the molecule is CCc1sccc1C(NC(C)=O)C(=O)C(C)C=O. The first-order valence-corrected chi connectivity index (χ1v) is 6.71. The number of aldehydes is 1. The van der Waals surface area contributed by atoms with Gasteiger partial charge in [0.2, 0.25) is 5.91 Å². The molecule has 0 radical (unpaired) electrons. The van der Waals surface area contributed by atoms with Crippen LogP contribution in [-0.4, -0.2) is 18.0 Å². The van der Waals surface area contributed by atoms with E-state index < -0.39 is 12.0 Å². The van der Waals surface area contributed by atoms with Gasteiger partial charge in [0.1, 0.15) is 12.3 Å². The highest BCUT2D eigenvalue weighted by atomic mass is 32.1. The minimum atomic E-state index is -0.719. The molecule has 0 fully saturated rings. The van der Waals surface area contributed by atoms with Crippen molar-refractivity contribution in [1.29, 1.82) is 0 Å². The molecule has 4 nitrogen and oxygen atoms in total. The van der Waals surface area contributed by atoms with Crippen molar-refractivity contribution in [2.75, 3.05) is 0 Å². The summed E-state index contributed by atoms with van der Waals surface area (Å²) in [5.41, 5.74) is 0.802. The molecular formula is C13H17NO3S. The summed E-state index contributed by atoms with van der Waals surface area (Å²) in [5, 5.41) is 4.52. The topological polar surface area (TPSA) is 63.2 Å². The fourth-order valence-electron chi connectivity index (χ4n) is 1.73. The quantitative estimate of drug-likeness (QED) is 0.632. The Morgan fingerprint density at radius 3 is 2.67 bits per heavy atom. The van der Waals surface area contributed by atoms with Crippen LogP contribution in [0.25, 0.3) is 0 Å². The highest BCUT2D eigenvalue weighted by Gasteiger charge is 2.27. The molecule has 0 saturated carbocycles. The van der Waals surface area contributed by atoms with Crippen LogP contribution in [0.2, 0.25) is 0 Å². The van der Waals surface area contributed by atoms with Crippen LogP contribution < -0.4 is 5.32 Å². The first-order chi connectivity index (χ1) is 8.51. The van der Waals surface area contributed by atoms with Crippen LogP contribution in [0.5, 0.6) is 0 Å². The number of nitrogens with one attached hydrogen (secondary N) is 1. The summed E-state index contributed by atoms with van der Waals surface area (Å²) in [6, 6.07) is 1.11. The number of hydrogen-bond acceptors (Lipinski definition) is 4. The maximum Gasteiger partial charge on any atom is 0.217 e. The molecule has 2 unspecified atom stereocenters. The first-order valence-electron chi connectivity index (χ1n) is 5.83. The lowest BCUT2D eigenvalue weighted by Crippen LogP contribution is -2.35. The molecule has 0 spiro atoms. The molecule has 98 valence electrons. The van der Waals surface area contributed by atoms with Crippen LogP contribution in [-0.2, 0) is 20.8 Å². The maximum absolute atomic E-state index is 12.1. The zero-order chi connectivity index (χ0) is 13.7. The zero-order valence-electron chi connectivity index (χ0n) is 10.7. The molecule has 0 aliphatic carbocycles.